The third-order valence-corrected chi connectivity index (χ3v) is 2.31. The van der Waals surface area contributed by atoms with Crippen molar-refractivity contribution in [2.75, 3.05) is 14.1 Å². The summed E-state index contributed by atoms with van der Waals surface area (Å²) < 4.78 is 0. The van der Waals surface area contributed by atoms with Crippen molar-refractivity contribution in [1.29, 1.82) is 0 Å². The van der Waals surface area contributed by atoms with E-state index in [0.29, 0.717) is 6.04 Å². The summed E-state index contributed by atoms with van der Waals surface area (Å²) in [5, 5.41) is 0. The minimum Gasteiger partial charge on any atom is -0.302 e. The van der Waals surface area contributed by atoms with Gasteiger partial charge < -0.3 is 4.90 Å². The molecule has 1 aliphatic rings. The van der Waals surface area contributed by atoms with Gasteiger partial charge in [-0.1, -0.05) is 0 Å². The van der Waals surface area contributed by atoms with Crippen LogP contribution in [0.4, 0.5) is 0 Å². The van der Waals surface area contributed by atoms with Gasteiger partial charge in [0.25, 0.3) is 0 Å². The lowest BCUT2D eigenvalue weighted by atomic mass is 10.0. The molecule has 0 aliphatic carbocycles. The Kier molecular flexibility index (Phi) is 2.45. The Labute approximate surface area is 68.6 Å². The van der Waals surface area contributed by atoms with Gasteiger partial charge in [-0.15, -0.1) is 0 Å². The lowest BCUT2D eigenvalue weighted by Crippen LogP contribution is -2.31. The number of allylic oxidation sites excluding steroid dienone is 1. The van der Waals surface area contributed by atoms with E-state index >= 15 is 0 Å². The zero-order valence-corrected chi connectivity index (χ0v) is 7.76. The third kappa shape index (κ3) is 1.69. The van der Waals surface area contributed by atoms with E-state index in [4.69, 9.17) is 0 Å². The van der Waals surface area contributed by atoms with Crippen molar-refractivity contribution < 1.29 is 0 Å². The molecule has 1 heterocycles. The molecular formula is C9H16N2. The number of likely N-dealkylation sites (N-methyl/N-ethyl adjacent to an activating group) is 1. The summed E-state index contributed by atoms with van der Waals surface area (Å²) in [5.74, 6) is 0. The highest BCUT2D eigenvalue weighted by atomic mass is 15.1. The first kappa shape index (κ1) is 8.47. The van der Waals surface area contributed by atoms with E-state index in [2.05, 4.69) is 37.8 Å². The molecule has 0 saturated carbocycles. The van der Waals surface area contributed by atoms with Crippen LogP contribution in [-0.2, 0) is 0 Å². The second-order valence-corrected chi connectivity index (χ2v) is 3.30. The minimum atomic E-state index is 0.562. The topological polar surface area (TPSA) is 15.6 Å². The molecule has 2 nitrogen and oxygen atoms in total. The van der Waals surface area contributed by atoms with Crippen LogP contribution in [0.5, 0.6) is 0 Å². The van der Waals surface area contributed by atoms with Crippen LogP contribution in [0.1, 0.15) is 20.3 Å². The molecule has 11 heavy (non-hydrogen) atoms. The van der Waals surface area contributed by atoms with Crippen LogP contribution in [0.25, 0.3) is 0 Å². The molecular weight excluding hydrogens is 136 g/mol. The van der Waals surface area contributed by atoms with Gasteiger partial charge in [-0.2, -0.15) is 0 Å². The second-order valence-electron chi connectivity index (χ2n) is 3.30. The molecule has 0 fully saturated rings. The van der Waals surface area contributed by atoms with Gasteiger partial charge in [-0.05, 0) is 33.5 Å². The Morgan fingerprint density at radius 2 is 2.09 bits per heavy atom. The predicted molar refractivity (Wildman–Crippen MR) is 49.0 cm³/mol. The maximum atomic E-state index is 4.27. The molecule has 2 heteroatoms. The molecule has 0 radical (unpaired) electrons. The lowest BCUT2D eigenvalue weighted by molar-refractivity contribution is 0.334. The number of nitrogens with zero attached hydrogens (tertiary/aromatic N) is 2. The minimum absolute atomic E-state index is 0.562. The fraction of sp³-hybridized carbons (Fsp3) is 0.667. The van der Waals surface area contributed by atoms with E-state index in [0.717, 1.165) is 6.42 Å². The predicted octanol–water partition coefficient (Wildman–Crippen LogP) is 1.69. The van der Waals surface area contributed by atoms with Crippen LogP contribution in [-0.4, -0.2) is 31.3 Å². The normalized spacial score (nSPS) is 25.0. The van der Waals surface area contributed by atoms with Crippen LogP contribution >= 0.6 is 0 Å². The fourth-order valence-corrected chi connectivity index (χ4v) is 1.41. The zero-order valence-electron chi connectivity index (χ0n) is 7.76. The van der Waals surface area contributed by atoms with Crippen LogP contribution in [0.3, 0.4) is 0 Å². The summed E-state index contributed by atoms with van der Waals surface area (Å²) in [6, 6.07) is 0.562. The first-order valence-corrected chi connectivity index (χ1v) is 3.99. The molecule has 0 bridgehead atoms. The van der Waals surface area contributed by atoms with E-state index in [9.17, 15) is 0 Å². The number of aliphatic imine (C=N–C) groups is 1. The van der Waals surface area contributed by atoms with Crippen molar-refractivity contribution in [3.63, 3.8) is 0 Å². The highest BCUT2D eigenvalue weighted by Gasteiger charge is 2.16. The fourth-order valence-electron chi connectivity index (χ4n) is 1.41. The van der Waals surface area contributed by atoms with E-state index in [1.807, 2.05) is 6.21 Å². The highest BCUT2D eigenvalue weighted by molar-refractivity contribution is 5.63. The average Bonchev–Trinajstić information content (AvgIpc) is 1.94. The lowest BCUT2D eigenvalue weighted by Gasteiger charge is -2.26. The Hall–Kier alpha value is -0.630. The van der Waals surface area contributed by atoms with Gasteiger partial charge in [0.05, 0.1) is 0 Å². The van der Waals surface area contributed by atoms with Gasteiger partial charge in [0.15, 0.2) is 0 Å². The highest BCUT2D eigenvalue weighted by Crippen LogP contribution is 2.19. The van der Waals surface area contributed by atoms with Crippen molar-refractivity contribution >= 4 is 6.21 Å². The van der Waals surface area contributed by atoms with Crippen LogP contribution < -0.4 is 0 Å². The van der Waals surface area contributed by atoms with Crippen molar-refractivity contribution in [3.05, 3.63) is 11.3 Å². The molecule has 0 aromatic heterocycles. The molecule has 1 rings (SSSR count). The summed E-state index contributed by atoms with van der Waals surface area (Å²) in [6.45, 7) is 4.23. The summed E-state index contributed by atoms with van der Waals surface area (Å²) in [5.41, 5.74) is 2.58. The largest absolute Gasteiger partial charge is 0.302 e. The average molecular weight is 152 g/mol. The van der Waals surface area contributed by atoms with Gasteiger partial charge in [-0.25, -0.2) is 0 Å². The number of rotatable bonds is 1. The quantitative estimate of drug-likeness (QED) is 0.558. The Bertz CT molecular complexity index is 202. The van der Waals surface area contributed by atoms with E-state index in [1.54, 1.807) is 0 Å². The van der Waals surface area contributed by atoms with Crippen LogP contribution in [0, 0.1) is 0 Å². The standard InChI is InChI=1S/C9H16N2/c1-7-8(2)10-6-5-9(7)11(3)4/h6,9H,5H2,1-4H3. The summed E-state index contributed by atoms with van der Waals surface area (Å²) in [4.78, 5) is 6.51. The zero-order chi connectivity index (χ0) is 8.43. The van der Waals surface area contributed by atoms with Crippen molar-refractivity contribution in [2.24, 2.45) is 4.99 Å². The Morgan fingerprint density at radius 3 is 2.55 bits per heavy atom. The first-order valence-electron chi connectivity index (χ1n) is 3.99. The summed E-state index contributed by atoms with van der Waals surface area (Å²) >= 11 is 0. The molecule has 1 atom stereocenters. The summed E-state index contributed by atoms with van der Waals surface area (Å²) in [7, 11) is 4.22. The molecule has 1 unspecified atom stereocenters. The molecule has 62 valence electrons. The van der Waals surface area contributed by atoms with Gasteiger partial charge in [0, 0.05) is 24.4 Å². The van der Waals surface area contributed by atoms with E-state index in [-0.39, 0.29) is 0 Å². The van der Waals surface area contributed by atoms with Crippen molar-refractivity contribution in [2.45, 2.75) is 26.3 Å². The molecule has 0 aromatic carbocycles. The Morgan fingerprint density at radius 1 is 1.45 bits per heavy atom. The smallest absolute Gasteiger partial charge is 0.0373 e. The second kappa shape index (κ2) is 3.18. The maximum Gasteiger partial charge on any atom is 0.0373 e. The molecule has 0 aromatic rings. The van der Waals surface area contributed by atoms with Gasteiger partial charge in [-0.3, -0.25) is 4.99 Å². The monoisotopic (exact) mass is 152 g/mol. The van der Waals surface area contributed by atoms with E-state index < -0.39 is 0 Å². The Balaban J connectivity index is 2.81. The molecule has 1 aliphatic heterocycles. The number of hydrogen-bond donors (Lipinski definition) is 0. The summed E-state index contributed by atoms with van der Waals surface area (Å²) in [6.07, 6.45) is 3.06. The molecule has 0 amide bonds. The van der Waals surface area contributed by atoms with Crippen molar-refractivity contribution in [1.82, 2.24) is 4.90 Å². The van der Waals surface area contributed by atoms with Crippen LogP contribution in [0.2, 0.25) is 0 Å². The molecule has 0 spiro atoms. The van der Waals surface area contributed by atoms with Gasteiger partial charge >= 0.3 is 0 Å². The van der Waals surface area contributed by atoms with Gasteiger partial charge in [0.2, 0.25) is 0 Å². The first-order chi connectivity index (χ1) is 5.13. The number of hydrogen-bond acceptors (Lipinski definition) is 2. The van der Waals surface area contributed by atoms with Gasteiger partial charge in [0.1, 0.15) is 0 Å². The van der Waals surface area contributed by atoms with Crippen molar-refractivity contribution in [3.8, 4) is 0 Å². The molecule has 0 saturated heterocycles. The maximum absolute atomic E-state index is 4.27. The third-order valence-electron chi connectivity index (χ3n) is 2.31. The van der Waals surface area contributed by atoms with Crippen LogP contribution in [0.15, 0.2) is 16.3 Å². The SMILES string of the molecule is CC1=C(C)C(N(C)C)CC=N1. The van der Waals surface area contributed by atoms with E-state index in [1.165, 1.54) is 11.3 Å². The molecule has 0 N–H and O–H groups in total.